The van der Waals surface area contributed by atoms with Crippen molar-refractivity contribution in [1.29, 1.82) is 5.26 Å². The maximum absolute atomic E-state index is 12.9. The molecule has 3 rings (SSSR count). The second-order valence-electron chi connectivity index (χ2n) is 6.39. The monoisotopic (exact) mass is 636 g/mol. The van der Waals surface area contributed by atoms with Crippen molar-refractivity contribution in [1.82, 2.24) is 0 Å². The number of nitriles is 1. The van der Waals surface area contributed by atoms with Crippen LogP contribution >= 0.6 is 45.2 Å². The van der Waals surface area contributed by atoms with Crippen molar-refractivity contribution < 1.29 is 14.5 Å². The third-order valence-corrected chi connectivity index (χ3v) is 5.67. The zero-order valence-corrected chi connectivity index (χ0v) is 20.2. The number of nitrogens with zero attached hydrogens (tertiary/aromatic N) is 2. The first-order valence-corrected chi connectivity index (χ1v) is 11.1. The van der Waals surface area contributed by atoms with Gasteiger partial charge in [-0.2, -0.15) is 5.26 Å². The van der Waals surface area contributed by atoms with Gasteiger partial charge >= 0.3 is 0 Å². The minimum Gasteiger partial charge on any atom is -0.487 e. The number of ether oxygens (including phenoxy) is 1. The Morgan fingerprint density at radius 3 is 2.52 bits per heavy atom. The van der Waals surface area contributed by atoms with Crippen LogP contribution in [-0.2, 0) is 6.61 Å². The number of hydrogen-bond acceptors (Lipinski definition) is 5. The first-order valence-electron chi connectivity index (χ1n) is 8.95. The van der Waals surface area contributed by atoms with E-state index >= 15 is 0 Å². The summed E-state index contributed by atoms with van der Waals surface area (Å²) >= 11 is 4.31. The first kappa shape index (κ1) is 22.9. The van der Waals surface area contributed by atoms with Gasteiger partial charge in [-0.15, -0.1) is 0 Å². The molecule has 0 fully saturated rings. The van der Waals surface area contributed by atoms with E-state index in [1.807, 2.05) is 48.5 Å². The van der Waals surface area contributed by atoms with Gasteiger partial charge in [0.25, 0.3) is 5.69 Å². The molecule has 31 heavy (non-hydrogen) atoms. The molecule has 6 nitrogen and oxygen atoms in total. The zero-order valence-electron chi connectivity index (χ0n) is 15.9. The lowest BCUT2D eigenvalue weighted by Gasteiger charge is -2.13. The lowest BCUT2D eigenvalue weighted by molar-refractivity contribution is -0.384. The van der Waals surface area contributed by atoms with Gasteiger partial charge in [0.05, 0.1) is 8.49 Å². The minimum absolute atomic E-state index is 0.0779. The van der Waals surface area contributed by atoms with Crippen LogP contribution in [0.25, 0.3) is 6.08 Å². The Balaban J connectivity index is 1.98. The highest BCUT2D eigenvalue weighted by atomic mass is 127. The van der Waals surface area contributed by atoms with Crippen molar-refractivity contribution in [3.05, 3.63) is 106 Å². The number of ketones is 1. The van der Waals surface area contributed by atoms with E-state index in [9.17, 15) is 20.2 Å². The smallest absolute Gasteiger partial charge is 0.270 e. The van der Waals surface area contributed by atoms with Gasteiger partial charge in [-0.1, -0.05) is 42.5 Å². The normalized spacial score (nSPS) is 10.9. The molecule has 0 radical (unpaired) electrons. The fourth-order valence-corrected chi connectivity index (χ4v) is 4.84. The summed E-state index contributed by atoms with van der Waals surface area (Å²) in [6.45, 7) is 0.332. The van der Waals surface area contributed by atoms with Crippen LogP contribution in [0.1, 0.15) is 21.5 Å². The fourth-order valence-electron chi connectivity index (χ4n) is 2.79. The summed E-state index contributed by atoms with van der Waals surface area (Å²) in [5.41, 5.74) is 1.30. The summed E-state index contributed by atoms with van der Waals surface area (Å²) in [7, 11) is 0. The largest absolute Gasteiger partial charge is 0.487 e. The number of nitro benzene ring substituents is 1. The van der Waals surface area contributed by atoms with E-state index in [-0.39, 0.29) is 16.8 Å². The van der Waals surface area contributed by atoms with Crippen LogP contribution in [0.15, 0.2) is 72.3 Å². The molecule has 0 N–H and O–H groups in total. The van der Waals surface area contributed by atoms with Crippen LogP contribution < -0.4 is 4.74 Å². The number of carbonyl (C=O) groups is 1. The van der Waals surface area contributed by atoms with Crippen LogP contribution in [0, 0.1) is 28.6 Å². The van der Waals surface area contributed by atoms with Crippen LogP contribution in [-0.4, -0.2) is 10.7 Å². The Hall–Kier alpha value is -2.78. The molecule has 0 amide bonds. The van der Waals surface area contributed by atoms with Gasteiger partial charge in [0, 0.05) is 26.8 Å². The number of hydrogen-bond donors (Lipinski definition) is 0. The third-order valence-electron chi connectivity index (χ3n) is 4.25. The molecular weight excluding hydrogens is 622 g/mol. The molecule has 0 aliphatic rings. The van der Waals surface area contributed by atoms with E-state index in [4.69, 9.17) is 4.74 Å². The number of allylic oxidation sites excluding steroid dienone is 1. The van der Waals surface area contributed by atoms with Crippen molar-refractivity contribution in [3.63, 3.8) is 0 Å². The fraction of sp³-hybridized carbons (Fsp3) is 0.0435. The molecule has 3 aromatic carbocycles. The number of non-ortho nitro benzene ring substituents is 1. The number of benzene rings is 3. The van der Waals surface area contributed by atoms with Crippen molar-refractivity contribution >= 4 is 62.7 Å². The Bertz CT molecular complexity index is 1220. The molecule has 0 spiro atoms. The van der Waals surface area contributed by atoms with Gasteiger partial charge in [0.1, 0.15) is 24.0 Å². The Kier molecular flexibility index (Phi) is 7.75. The average Bonchev–Trinajstić information content (AvgIpc) is 2.77. The predicted octanol–water partition coefficient (Wildman–Crippen LogP) is 6.17. The maximum atomic E-state index is 12.9. The van der Waals surface area contributed by atoms with Gasteiger partial charge in [-0.3, -0.25) is 14.9 Å². The highest BCUT2D eigenvalue weighted by Crippen LogP contribution is 2.31. The van der Waals surface area contributed by atoms with E-state index < -0.39 is 10.7 Å². The number of rotatable bonds is 7. The first-order chi connectivity index (χ1) is 14.9. The molecule has 8 heteroatoms. The topological polar surface area (TPSA) is 93.2 Å². The summed E-state index contributed by atoms with van der Waals surface area (Å²) in [6, 6.07) is 20.7. The van der Waals surface area contributed by atoms with Gasteiger partial charge in [0.15, 0.2) is 0 Å². The Labute approximate surface area is 206 Å². The lowest BCUT2D eigenvalue weighted by Crippen LogP contribution is -2.04. The van der Waals surface area contributed by atoms with Crippen LogP contribution in [0.4, 0.5) is 5.69 Å². The van der Waals surface area contributed by atoms with E-state index in [0.29, 0.717) is 17.9 Å². The quantitative estimate of drug-likeness (QED) is 0.0773. The maximum Gasteiger partial charge on any atom is 0.270 e. The molecule has 0 heterocycles. The van der Waals surface area contributed by atoms with Crippen LogP contribution in [0.2, 0.25) is 0 Å². The molecule has 0 saturated heterocycles. The van der Waals surface area contributed by atoms with Gasteiger partial charge in [-0.05, 0) is 69.0 Å². The van der Waals surface area contributed by atoms with Crippen molar-refractivity contribution in [3.8, 4) is 11.8 Å². The number of Topliss-reactive ketones (excluding diaryl/α,β-unsaturated/α-hetero) is 1. The summed E-state index contributed by atoms with van der Waals surface area (Å²) in [5, 5.41) is 20.6. The number of nitro groups is 1. The standard InChI is InChI=1S/C23H14I2N2O4/c24-19-10-17(23(21(25)12-19)31-14-15-5-2-1-3-6-15)9-18(13-26)22(28)16-7-4-8-20(11-16)27(29)30/h1-12H,14H2. The summed E-state index contributed by atoms with van der Waals surface area (Å²) in [4.78, 5) is 23.3. The summed E-state index contributed by atoms with van der Waals surface area (Å²) in [6.07, 6.45) is 1.46. The molecule has 0 aromatic heterocycles. The molecule has 0 bridgehead atoms. The highest BCUT2D eigenvalue weighted by Gasteiger charge is 2.18. The van der Waals surface area contributed by atoms with E-state index in [1.54, 1.807) is 0 Å². The van der Waals surface area contributed by atoms with Crippen LogP contribution in [0.3, 0.4) is 0 Å². The molecule has 0 atom stereocenters. The number of halogens is 2. The van der Waals surface area contributed by atoms with Gasteiger partial charge in [-0.25, -0.2) is 0 Å². The molecule has 0 aliphatic carbocycles. The second-order valence-corrected chi connectivity index (χ2v) is 8.79. The van der Waals surface area contributed by atoms with E-state index in [2.05, 4.69) is 45.2 Å². The van der Waals surface area contributed by atoms with Crippen molar-refractivity contribution in [2.75, 3.05) is 0 Å². The summed E-state index contributed by atoms with van der Waals surface area (Å²) in [5.74, 6) is -0.0291. The SMILES string of the molecule is N#CC(=Cc1cc(I)cc(I)c1OCc1ccccc1)C(=O)c1cccc([N+](=O)[O-])c1. The molecular formula is C23H14I2N2O4. The molecule has 154 valence electrons. The Morgan fingerprint density at radius 1 is 1.10 bits per heavy atom. The third kappa shape index (κ3) is 5.89. The minimum atomic E-state index is -0.589. The van der Waals surface area contributed by atoms with Crippen molar-refractivity contribution in [2.24, 2.45) is 0 Å². The molecule has 0 aliphatic heterocycles. The molecule has 0 saturated carbocycles. The lowest BCUT2D eigenvalue weighted by atomic mass is 10.0. The highest BCUT2D eigenvalue weighted by molar-refractivity contribution is 14.1. The summed E-state index contributed by atoms with van der Waals surface area (Å²) < 4.78 is 7.78. The molecule has 0 unspecified atom stereocenters. The number of carbonyl (C=O) groups excluding carboxylic acids is 1. The Morgan fingerprint density at radius 2 is 1.84 bits per heavy atom. The van der Waals surface area contributed by atoms with E-state index in [1.165, 1.54) is 30.3 Å². The van der Waals surface area contributed by atoms with Crippen LogP contribution in [0.5, 0.6) is 5.75 Å². The van der Waals surface area contributed by atoms with Gasteiger partial charge in [0.2, 0.25) is 5.78 Å². The predicted molar refractivity (Wildman–Crippen MR) is 134 cm³/mol. The second kappa shape index (κ2) is 10.5. The zero-order chi connectivity index (χ0) is 22.4. The average molecular weight is 636 g/mol. The van der Waals surface area contributed by atoms with E-state index in [0.717, 1.165) is 12.7 Å². The molecule has 3 aromatic rings. The van der Waals surface area contributed by atoms with Crippen molar-refractivity contribution in [2.45, 2.75) is 6.61 Å². The van der Waals surface area contributed by atoms with Gasteiger partial charge < -0.3 is 4.74 Å².